The summed E-state index contributed by atoms with van der Waals surface area (Å²) in [5.74, 6) is 0.395. The number of aliphatic hydroxyl groups excluding tert-OH is 1. The van der Waals surface area contributed by atoms with Gasteiger partial charge in [0.15, 0.2) is 0 Å². The quantitative estimate of drug-likeness (QED) is 0.664. The molecule has 1 N–H and O–H groups in total. The zero-order valence-electron chi connectivity index (χ0n) is 12.3. The highest BCUT2D eigenvalue weighted by Gasteiger charge is 2.27. The van der Waals surface area contributed by atoms with Gasteiger partial charge >= 0.3 is 0 Å². The fraction of sp³-hybridized carbons (Fsp3) is 0.667. The number of aliphatic hydroxyl groups is 1. The fourth-order valence-corrected chi connectivity index (χ4v) is 3.32. The highest BCUT2D eigenvalue weighted by Crippen LogP contribution is 2.36. The molecule has 2 atom stereocenters. The summed E-state index contributed by atoms with van der Waals surface area (Å²) in [6, 6.07) is 8.64. The first-order valence-electron chi connectivity index (χ1n) is 8.08. The van der Waals surface area contributed by atoms with Crippen LogP contribution in [0.15, 0.2) is 24.3 Å². The molecule has 1 heteroatoms. The Morgan fingerprint density at radius 1 is 1.11 bits per heavy atom. The monoisotopic (exact) mass is 260 g/mol. The van der Waals surface area contributed by atoms with E-state index >= 15 is 0 Å². The summed E-state index contributed by atoms with van der Waals surface area (Å²) >= 11 is 0. The van der Waals surface area contributed by atoms with Gasteiger partial charge in [-0.2, -0.15) is 0 Å². The Morgan fingerprint density at radius 2 is 1.84 bits per heavy atom. The van der Waals surface area contributed by atoms with Gasteiger partial charge in [-0.25, -0.2) is 0 Å². The summed E-state index contributed by atoms with van der Waals surface area (Å²) in [6.07, 6.45) is 11.0. The van der Waals surface area contributed by atoms with E-state index in [1.165, 1.54) is 49.7 Å². The lowest BCUT2D eigenvalue weighted by Gasteiger charge is -2.19. The van der Waals surface area contributed by atoms with Crippen LogP contribution in [0.2, 0.25) is 0 Å². The summed E-state index contributed by atoms with van der Waals surface area (Å²) in [5, 5.41) is 10.4. The maximum atomic E-state index is 10.4. The van der Waals surface area contributed by atoms with E-state index in [0.29, 0.717) is 5.92 Å². The molecule has 0 saturated carbocycles. The molecule has 0 fully saturated rings. The zero-order chi connectivity index (χ0) is 13.5. The highest BCUT2D eigenvalue weighted by atomic mass is 16.3. The second-order valence-electron chi connectivity index (χ2n) is 5.97. The van der Waals surface area contributed by atoms with Gasteiger partial charge in [0.25, 0.3) is 0 Å². The third-order valence-electron chi connectivity index (χ3n) is 4.50. The van der Waals surface area contributed by atoms with Crippen molar-refractivity contribution in [2.24, 2.45) is 0 Å². The number of rotatable bonds is 8. The molecule has 2 rings (SSSR count). The number of hydrogen-bond donors (Lipinski definition) is 1. The van der Waals surface area contributed by atoms with Crippen molar-refractivity contribution >= 4 is 0 Å². The van der Waals surface area contributed by atoms with Gasteiger partial charge in [0.2, 0.25) is 0 Å². The molecule has 1 aromatic rings. The van der Waals surface area contributed by atoms with E-state index in [0.717, 1.165) is 19.3 Å². The van der Waals surface area contributed by atoms with E-state index < -0.39 is 0 Å². The van der Waals surface area contributed by atoms with E-state index in [1.807, 2.05) is 0 Å². The minimum Gasteiger partial charge on any atom is -0.392 e. The molecule has 1 aliphatic rings. The molecular weight excluding hydrogens is 232 g/mol. The molecular formula is C18H28O. The number of fused-ring (bicyclic) bond motifs is 1. The van der Waals surface area contributed by atoms with Crippen LogP contribution in [0.1, 0.15) is 75.3 Å². The molecule has 0 amide bonds. The van der Waals surface area contributed by atoms with Crippen LogP contribution >= 0.6 is 0 Å². The van der Waals surface area contributed by atoms with Crippen molar-refractivity contribution in [2.75, 3.05) is 0 Å². The molecule has 1 nitrogen and oxygen atoms in total. The SMILES string of the molecule is CCCCCCCCC(O)C1CCc2ccccc21. The predicted octanol–water partition coefficient (Wildman–Crippen LogP) is 4.83. The second kappa shape index (κ2) is 7.69. The van der Waals surface area contributed by atoms with Crippen LogP contribution in [0.3, 0.4) is 0 Å². The van der Waals surface area contributed by atoms with Crippen LogP contribution in [0.25, 0.3) is 0 Å². The highest BCUT2D eigenvalue weighted by molar-refractivity contribution is 5.35. The van der Waals surface area contributed by atoms with Gasteiger partial charge in [0.1, 0.15) is 0 Å². The summed E-state index contributed by atoms with van der Waals surface area (Å²) in [6.45, 7) is 2.25. The van der Waals surface area contributed by atoms with Crippen molar-refractivity contribution in [3.05, 3.63) is 35.4 Å². The molecule has 0 aromatic heterocycles. The molecule has 19 heavy (non-hydrogen) atoms. The number of benzene rings is 1. The van der Waals surface area contributed by atoms with Gasteiger partial charge in [0, 0.05) is 5.92 Å². The minimum atomic E-state index is -0.130. The first-order valence-corrected chi connectivity index (χ1v) is 8.08. The molecule has 0 saturated heterocycles. The molecule has 0 heterocycles. The van der Waals surface area contributed by atoms with E-state index in [4.69, 9.17) is 0 Å². The first kappa shape index (κ1) is 14.6. The third kappa shape index (κ3) is 4.07. The van der Waals surface area contributed by atoms with Gasteiger partial charge in [-0.3, -0.25) is 0 Å². The zero-order valence-corrected chi connectivity index (χ0v) is 12.3. The van der Waals surface area contributed by atoms with Crippen LogP contribution < -0.4 is 0 Å². The molecule has 1 aliphatic carbocycles. The maximum Gasteiger partial charge on any atom is 0.0608 e. The summed E-state index contributed by atoms with van der Waals surface area (Å²) in [7, 11) is 0. The summed E-state index contributed by atoms with van der Waals surface area (Å²) in [5.41, 5.74) is 2.86. The Hall–Kier alpha value is -0.820. The molecule has 2 unspecified atom stereocenters. The Kier molecular flexibility index (Phi) is 5.91. The number of unbranched alkanes of at least 4 members (excludes halogenated alkanes) is 5. The summed E-state index contributed by atoms with van der Waals surface area (Å²) < 4.78 is 0. The van der Waals surface area contributed by atoms with E-state index in [2.05, 4.69) is 31.2 Å². The van der Waals surface area contributed by atoms with Gasteiger partial charge in [0.05, 0.1) is 6.10 Å². The van der Waals surface area contributed by atoms with E-state index in [1.54, 1.807) is 0 Å². The van der Waals surface area contributed by atoms with Crippen LogP contribution in [-0.2, 0) is 6.42 Å². The van der Waals surface area contributed by atoms with Crippen molar-refractivity contribution in [1.82, 2.24) is 0 Å². The van der Waals surface area contributed by atoms with Gasteiger partial charge in [-0.15, -0.1) is 0 Å². The maximum absolute atomic E-state index is 10.4. The molecule has 1 aromatic carbocycles. The average Bonchev–Trinajstić information content (AvgIpc) is 2.86. The normalized spacial score (nSPS) is 19.4. The number of aryl methyl sites for hydroxylation is 1. The largest absolute Gasteiger partial charge is 0.392 e. The predicted molar refractivity (Wildman–Crippen MR) is 81.5 cm³/mol. The van der Waals surface area contributed by atoms with Crippen molar-refractivity contribution in [2.45, 2.75) is 76.7 Å². The molecule has 106 valence electrons. The second-order valence-corrected chi connectivity index (χ2v) is 5.97. The molecule has 0 radical (unpaired) electrons. The minimum absolute atomic E-state index is 0.130. The smallest absolute Gasteiger partial charge is 0.0608 e. The fourth-order valence-electron chi connectivity index (χ4n) is 3.32. The molecule has 0 bridgehead atoms. The van der Waals surface area contributed by atoms with Crippen LogP contribution in [0.4, 0.5) is 0 Å². The lowest BCUT2D eigenvalue weighted by atomic mass is 9.92. The molecule has 0 aliphatic heterocycles. The van der Waals surface area contributed by atoms with Crippen molar-refractivity contribution in [3.8, 4) is 0 Å². The molecule has 0 spiro atoms. The lowest BCUT2D eigenvalue weighted by molar-refractivity contribution is 0.130. The van der Waals surface area contributed by atoms with E-state index in [9.17, 15) is 5.11 Å². The Morgan fingerprint density at radius 3 is 2.68 bits per heavy atom. The first-order chi connectivity index (χ1) is 9.33. The Bertz CT molecular complexity index is 372. The van der Waals surface area contributed by atoms with E-state index in [-0.39, 0.29) is 6.10 Å². The van der Waals surface area contributed by atoms with Crippen LogP contribution in [-0.4, -0.2) is 11.2 Å². The Labute approximate surface area is 118 Å². The number of hydrogen-bond acceptors (Lipinski definition) is 1. The average molecular weight is 260 g/mol. The standard InChI is InChI=1S/C18H28O/c1-2-3-4-5-6-7-12-18(19)17-14-13-15-10-8-9-11-16(15)17/h8-11,17-19H,2-7,12-14H2,1H3. The van der Waals surface area contributed by atoms with Crippen LogP contribution in [0, 0.1) is 0 Å². The van der Waals surface area contributed by atoms with Crippen LogP contribution in [0.5, 0.6) is 0 Å². The van der Waals surface area contributed by atoms with Gasteiger partial charge < -0.3 is 5.11 Å². The lowest BCUT2D eigenvalue weighted by Crippen LogP contribution is -2.16. The van der Waals surface area contributed by atoms with Crippen molar-refractivity contribution < 1.29 is 5.11 Å². The van der Waals surface area contributed by atoms with Crippen molar-refractivity contribution in [3.63, 3.8) is 0 Å². The third-order valence-corrected chi connectivity index (χ3v) is 4.50. The van der Waals surface area contributed by atoms with Gasteiger partial charge in [-0.05, 0) is 30.4 Å². The Balaban J connectivity index is 1.71. The topological polar surface area (TPSA) is 20.2 Å². The van der Waals surface area contributed by atoms with Crippen molar-refractivity contribution in [1.29, 1.82) is 0 Å². The van der Waals surface area contributed by atoms with Gasteiger partial charge in [-0.1, -0.05) is 69.7 Å². The summed E-state index contributed by atoms with van der Waals surface area (Å²) in [4.78, 5) is 0.